The molecule has 0 saturated carbocycles. The maximum absolute atomic E-state index is 12.8. The summed E-state index contributed by atoms with van der Waals surface area (Å²) in [5.41, 5.74) is 0. The van der Waals surface area contributed by atoms with Gasteiger partial charge in [0, 0.05) is 6.42 Å². The normalized spacial score (nSPS) is 11.9. The van der Waals surface area contributed by atoms with E-state index in [4.69, 9.17) is 23.2 Å². The van der Waals surface area contributed by atoms with Gasteiger partial charge in [0.2, 0.25) is 0 Å². The van der Waals surface area contributed by atoms with Crippen molar-refractivity contribution in [2.75, 3.05) is 0 Å². The third kappa shape index (κ3) is 3.79. The molecule has 0 unspecified atom stereocenters. The first-order valence-corrected chi connectivity index (χ1v) is 4.49. The average molecular weight is 263 g/mol. The first-order valence-electron chi connectivity index (χ1n) is 3.74. The van der Waals surface area contributed by atoms with E-state index >= 15 is 0 Å². The highest BCUT2D eigenvalue weighted by molar-refractivity contribution is 6.33. The van der Waals surface area contributed by atoms with Crippen molar-refractivity contribution in [3.05, 3.63) is 21.9 Å². The number of hydrogen-bond donors (Lipinski definition) is 0. The van der Waals surface area contributed by atoms with E-state index in [-0.39, 0.29) is 5.82 Å². The van der Waals surface area contributed by atoms with Gasteiger partial charge in [0.1, 0.15) is 5.82 Å². The Hall–Kier alpha value is -0.620. The van der Waals surface area contributed by atoms with Gasteiger partial charge in [0.05, 0.1) is 6.42 Å². The summed E-state index contributed by atoms with van der Waals surface area (Å²) in [4.78, 5) is 6.66. The molecule has 0 atom stereocenters. The quantitative estimate of drug-likeness (QED) is 0.603. The van der Waals surface area contributed by atoms with Crippen LogP contribution in [0.2, 0.25) is 10.3 Å². The minimum atomic E-state index is -4.32. The SMILES string of the molecule is Fc1c(Cl)nc(CCC(F)(F)F)nc1Cl. The molecule has 0 amide bonds. The van der Waals surface area contributed by atoms with Crippen LogP contribution in [0, 0.1) is 5.82 Å². The van der Waals surface area contributed by atoms with E-state index in [1.54, 1.807) is 0 Å². The minimum absolute atomic E-state index is 0.233. The summed E-state index contributed by atoms with van der Waals surface area (Å²) in [6, 6.07) is 0. The van der Waals surface area contributed by atoms with Gasteiger partial charge >= 0.3 is 6.18 Å². The smallest absolute Gasteiger partial charge is 0.218 e. The van der Waals surface area contributed by atoms with Crippen molar-refractivity contribution in [1.82, 2.24) is 9.97 Å². The molecular weight excluding hydrogens is 259 g/mol. The molecule has 1 rings (SSSR count). The molecule has 0 bridgehead atoms. The molecule has 2 nitrogen and oxygen atoms in total. The summed E-state index contributed by atoms with van der Waals surface area (Å²) < 4.78 is 48.3. The Bertz CT molecular complexity index is 343. The van der Waals surface area contributed by atoms with Gasteiger partial charge < -0.3 is 0 Å². The van der Waals surface area contributed by atoms with Crippen LogP contribution in [0.1, 0.15) is 12.2 Å². The molecule has 1 heterocycles. The maximum atomic E-state index is 12.8. The third-order valence-electron chi connectivity index (χ3n) is 1.45. The molecule has 8 heteroatoms. The van der Waals surface area contributed by atoms with Crippen LogP contribution in [0.4, 0.5) is 17.6 Å². The van der Waals surface area contributed by atoms with Gasteiger partial charge in [-0.25, -0.2) is 14.4 Å². The maximum Gasteiger partial charge on any atom is 0.389 e. The lowest BCUT2D eigenvalue weighted by molar-refractivity contribution is -0.134. The summed E-state index contributed by atoms with van der Waals surface area (Å²) in [6.45, 7) is 0. The highest BCUT2D eigenvalue weighted by Gasteiger charge is 2.27. The lowest BCUT2D eigenvalue weighted by Gasteiger charge is -2.05. The van der Waals surface area contributed by atoms with Crippen molar-refractivity contribution in [3.63, 3.8) is 0 Å². The Labute approximate surface area is 92.2 Å². The zero-order chi connectivity index (χ0) is 11.6. The van der Waals surface area contributed by atoms with E-state index in [2.05, 4.69) is 9.97 Å². The van der Waals surface area contributed by atoms with Crippen LogP contribution in [0.15, 0.2) is 0 Å². The topological polar surface area (TPSA) is 25.8 Å². The van der Waals surface area contributed by atoms with E-state index in [0.717, 1.165) is 0 Å². The number of rotatable bonds is 2. The van der Waals surface area contributed by atoms with Gasteiger partial charge in [-0.1, -0.05) is 23.2 Å². The molecule has 84 valence electrons. The second-order valence-electron chi connectivity index (χ2n) is 2.65. The van der Waals surface area contributed by atoms with E-state index in [9.17, 15) is 17.6 Å². The fourth-order valence-corrected chi connectivity index (χ4v) is 1.22. The summed E-state index contributed by atoms with van der Waals surface area (Å²) in [6.07, 6.45) is -5.91. The van der Waals surface area contributed by atoms with Crippen molar-refractivity contribution < 1.29 is 17.6 Å². The highest BCUT2D eigenvalue weighted by atomic mass is 35.5. The van der Waals surface area contributed by atoms with E-state index in [1.807, 2.05) is 0 Å². The molecule has 1 aromatic rings. The monoisotopic (exact) mass is 262 g/mol. The number of hydrogen-bond acceptors (Lipinski definition) is 2. The van der Waals surface area contributed by atoms with Crippen LogP contribution < -0.4 is 0 Å². The number of alkyl halides is 3. The lowest BCUT2D eigenvalue weighted by atomic mass is 10.3. The molecule has 0 N–H and O–H groups in total. The van der Waals surface area contributed by atoms with Gasteiger partial charge in [0.15, 0.2) is 16.1 Å². The molecule has 0 saturated heterocycles. The largest absolute Gasteiger partial charge is 0.389 e. The predicted molar refractivity (Wildman–Crippen MR) is 46.4 cm³/mol. The standard InChI is InChI=1S/C7H4Cl2F4N2/c8-5-4(10)6(9)15-3(14-5)1-2-7(11,12)13/h1-2H2. The second kappa shape index (κ2) is 4.49. The molecule has 15 heavy (non-hydrogen) atoms. The van der Waals surface area contributed by atoms with Gasteiger partial charge in [-0.05, 0) is 0 Å². The number of aromatic nitrogens is 2. The molecule has 0 radical (unpaired) electrons. The Morgan fingerprint density at radius 3 is 1.93 bits per heavy atom. The van der Waals surface area contributed by atoms with Crippen LogP contribution in [-0.4, -0.2) is 16.1 Å². The Morgan fingerprint density at radius 1 is 1.07 bits per heavy atom. The lowest BCUT2D eigenvalue weighted by Crippen LogP contribution is -2.10. The summed E-state index contributed by atoms with van der Waals surface area (Å²) in [5, 5.41) is -1.15. The Morgan fingerprint density at radius 2 is 1.53 bits per heavy atom. The molecular formula is C7H4Cl2F4N2. The number of nitrogens with zero attached hydrogens (tertiary/aromatic N) is 2. The van der Waals surface area contributed by atoms with Crippen molar-refractivity contribution in [2.45, 2.75) is 19.0 Å². The molecule has 0 aliphatic heterocycles. The first kappa shape index (κ1) is 12.4. The van der Waals surface area contributed by atoms with Gasteiger partial charge in [-0.3, -0.25) is 0 Å². The van der Waals surface area contributed by atoms with E-state index < -0.39 is 35.1 Å². The fraction of sp³-hybridized carbons (Fsp3) is 0.429. The van der Waals surface area contributed by atoms with Crippen LogP contribution in [-0.2, 0) is 6.42 Å². The molecule has 0 aliphatic rings. The third-order valence-corrected chi connectivity index (χ3v) is 1.95. The zero-order valence-electron chi connectivity index (χ0n) is 7.08. The summed E-state index contributed by atoms with van der Waals surface area (Å²) in [5.74, 6) is -1.27. The molecule has 0 aliphatic carbocycles. The highest BCUT2D eigenvalue weighted by Crippen LogP contribution is 2.23. The van der Waals surface area contributed by atoms with E-state index in [1.165, 1.54) is 0 Å². The molecule has 1 aromatic heterocycles. The van der Waals surface area contributed by atoms with Gasteiger partial charge in [0.25, 0.3) is 0 Å². The molecule has 0 fully saturated rings. The summed E-state index contributed by atoms with van der Waals surface area (Å²) in [7, 11) is 0. The molecule has 0 spiro atoms. The van der Waals surface area contributed by atoms with Crippen molar-refractivity contribution >= 4 is 23.2 Å². The second-order valence-corrected chi connectivity index (χ2v) is 3.37. The van der Waals surface area contributed by atoms with Crippen molar-refractivity contribution in [3.8, 4) is 0 Å². The van der Waals surface area contributed by atoms with Crippen LogP contribution in [0.3, 0.4) is 0 Å². The van der Waals surface area contributed by atoms with Crippen molar-refractivity contribution in [1.29, 1.82) is 0 Å². The fourth-order valence-electron chi connectivity index (χ4n) is 0.800. The minimum Gasteiger partial charge on any atom is -0.218 e. The summed E-state index contributed by atoms with van der Waals surface area (Å²) >= 11 is 10.6. The Kier molecular flexibility index (Phi) is 3.72. The van der Waals surface area contributed by atoms with Crippen LogP contribution in [0.25, 0.3) is 0 Å². The van der Waals surface area contributed by atoms with Crippen LogP contribution >= 0.6 is 23.2 Å². The predicted octanol–water partition coefficient (Wildman–Crippen LogP) is 3.42. The number of halogens is 6. The Balaban J connectivity index is 2.80. The zero-order valence-corrected chi connectivity index (χ0v) is 8.59. The average Bonchev–Trinajstić information content (AvgIpc) is 2.09. The van der Waals surface area contributed by atoms with Crippen molar-refractivity contribution in [2.24, 2.45) is 0 Å². The molecule has 0 aromatic carbocycles. The van der Waals surface area contributed by atoms with Gasteiger partial charge in [-0.2, -0.15) is 13.2 Å². The first-order chi connectivity index (χ1) is 6.79. The van der Waals surface area contributed by atoms with E-state index in [0.29, 0.717) is 0 Å². The van der Waals surface area contributed by atoms with Gasteiger partial charge in [-0.15, -0.1) is 0 Å². The number of aryl methyl sites for hydroxylation is 1. The van der Waals surface area contributed by atoms with Crippen LogP contribution in [0.5, 0.6) is 0 Å².